The first-order valence-corrected chi connectivity index (χ1v) is 7.15. The molecule has 0 saturated heterocycles. The SMILES string of the molecule is Cc1c(CC2CC2)ccc(OCC2CCC2)c1F. The second-order valence-corrected chi connectivity index (χ2v) is 5.92. The first-order valence-electron chi connectivity index (χ1n) is 7.15. The van der Waals surface area contributed by atoms with Crippen LogP contribution in [-0.2, 0) is 6.42 Å². The van der Waals surface area contributed by atoms with Crippen LogP contribution in [0.25, 0.3) is 0 Å². The van der Waals surface area contributed by atoms with Gasteiger partial charge in [0.25, 0.3) is 0 Å². The minimum Gasteiger partial charge on any atom is -0.490 e. The minimum atomic E-state index is -0.146. The number of ether oxygens (including phenoxy) is 1. The largest absolute Gasteiger partial charge is 0.490 e. The van der Waals surface area contributed by atoms with Crippen molar-refractivity contribution in [3.05, 3.63) is 29.1 Å². The zero-order valence-electron chi connectivity index (χ0n) is 11.0. The van der Waals surface area contributed by atoms with Gasteiger partial charge in [0.15, 0.2) is 11.6 Å². The Morgan fingerprint density at radius 2 is 1.94 bits per heavy atom. The molecule has 0 bridgehead atoms. The van der Waals surface area contributed by atoms with Crippen molar-refractivity contribution in [2.24, 2.45) is 11.8 Å². The van der Waals surface area contributed by atoms with E-state index in [-0.39, 0.29) is 5.82 Å². The Kier molecular flexibility index (Phi) is 3.27. The molecule has 0 aromatic heterocycles. The molecule has 0 amide bonds. The number of halogens is 1. The summed E-state index contributed by atoms with van der Waals surface area (Å²) in [6.45, 7) is 2.56. The van der Waals surface area contributed by atoms with Crippen molar-refractivity contribution >= 4 is 0 Å². The number of rotatable bonds is 5. The van der Waals surface area contributed by atoms with Crippen LogP contribution in [0.15, 0.2) is 12.1 Å². The van der Waals surface area contributed by atoms with E-state index < -0.39 is 0 Å². The van der Waals surface area contributed by atoms with E-state index in [0.717, 1.165) is 23.5 Å². The standard InChI is InChI=1S/C16H21FO/c1-11-14(9-12-5-6-12)7-8-15(16(11)17)18-10-13-3-2-4-13/h7-8,12-13H,2-6,9-10H2,1H3. The zero-order chi connectivity index (χ0) is 12.5. The summed E-state index contributed by atoms with van der Waals surface area (Å²) < 4.78 is 19.8. The van der Waals surface area contributed by atoms with Gasteiger partial charge in [-0.2, -0.15) is 0 Å². The van der Waals surface area contributed by atoms with Gasteiger partial charge in [0.1, 0.15) is 0 Å². The molecule has 0 aliphatic heterocycles. The van der Waals surface area contributed by atoms with Crippen LogP contribution in [-0.4, -0.2) is 6.61 Å². The Labute approximate surface area is 108 Å². The smallest absolute Gasteiger partial charge is 0.168 e. The molecule has 2 heteroatoms. The highest BCUT2D eigenvalue weighted by Gasteiger charge is 2.24. The second kappa shape index (κ2) is 4.91. The van der Waals surface area contributed by atoms with E-state index in [1.54, 1.807) is 0 Å². The molecule has 0 N–H and O–H groups in total. The Bertz CT molecular complexity index is 433. The third kappa shape index (κ3) is 2.52. The molecule has 2 fully saturated rings. The van der Waals surface area contributed by atoms with Gasteiger partial charge < -0.3 is 4.74 Å². The molecule has 0 atom stereocenters. The molecular formula is C16H21FO. The van der Waals surface area contributed by atoms with Gasteiger partial charge in [-0.05, 0) is 68.1 Å². The predicted octanol–water partition coefficient (Wildman–Crippen LogP) is 4.27. The Hall–Kier alpha value is -1.05. The lowest BCUT2D eigenvalue weighted by Crippen LogP contribution is -2.19. The predicted molar refractivity (Wildman–Crippen MR) is 70.4 cm³/mol. The summed E-state index contributed by atoms with van der Waals surface area (Å²) in [5, 5.41) is 0. The fraction of sp³-hybridized carbons (Fsp3) is 0.625. The molecule has 0 heterocycles. The molecule has 0 unspecified atom stereocenters. The highest BCUT2D eigenvalue weighted by Crippen LogP contribution is 2.35. The molecule has 0 spiro atoms. The lowest BCUT2D eigenvalue weighted by atomic mass is 9.86. The summed E-state index contributed by atoms with van der Waals surface area (Å²) >= 11 is 0. The van der Waals surface area contributed by atoms with E-state index in [4.69, 9.17) is 4.74 Å². The van der Waals surface area contributed by atoms with Gasteiger partial charge in [-0.3, -0.25) is 0 Å². The van der Waals surface area contributed by atoms with E-state index in [0.29, 0.717) is 18.3 Å². The van der Waals surface area contributed by atoms with Crippen molar-refractivity contribution in [1.29, 1.82) is 0 Å². The van der Waals surface area contributed by atoms with E-state index in [1.165, 1.54) is 32.1 Å². The normalized spacial score (nSPS) is 19.7. The summed E-state index contributed by atoms with van der Waals surface area (Å²) in [5.74, 6) is 1.74. The topological polar surface area (TPSA) is 9.23 Å². The Morgan fingerprint density at radius 3 is 2.56 bits per heavy atom. The van der Waals surface area contributed by atoms with Gasteiger partial charge in [0.2, 0.25) is 0 Å². The number of hydrogen-bond donors (Lipinski definition) is 0. The number of hydrogen-bond acceptors (Lipinski definition) is 1. The molecule has 1 aromatic rings. The molecule has 3 rings (SSSR count). The molecule has 98 valence electrons. The molecule has 1 aromatic carbocycles. The van der Waals surface area contributed by atoms with Gasteiger partial charge in [-0.25, -0.2) is 4.39 Å². The summed E-state index contributed by atoms with van der Waals surface area (Å²) in [5.41, 5.74) is 1.94. The van der Waals surface area contributed by atoms with Crippen LogP contribution >= 0.6 is 0 Å². The van der Waals surface area contributed by atoms with Crippen LogP contribution < -0.4 is 4.74 Å². The van der Waals surface area contributed by atoms with Crippen LogP contribution in [0, 0.1) is 24.6 Å². The van der Waals surface area contributed by atoms with Crippen molar-refractivity contribution in [2.45, 2.75) is 45.4 Å². The van der Waals surface area contributed by atoms with Crippen LogP contribution in [0.3, 0.4) is 0 Å². The summed E-state index contributed by atoms with van der Waals surface area (Å²) in [7, 11) is 0. The summed E-state index contributed by atoms with van der Waals surface area (Å²) in [6.07, 6.45) is 7.42. The zero-order valence-corrected chi connectivity index (χ0v) is 11.0. The fourth-order valence-corrected chi connectivity index (χ4v) is 2.53. The van der Waals surface area contributed by atoms with Gasteiger partial charge in [0.05, 0.1) is 6.61 Å². The van der Waals surface area contributed by atoms with E-state index >= 15 is 0 Å². The molecule has 2 saturated carbocycles. The lowest BCUT2D eigenvalue weighted by Gasteiger charge is -2.25. The maximum absolute atomic E-state index is 14.2. The minimum absolute atomic E-state index is 0.146. The molecule has 2 aliphatic carbocycles. The third-order valence-corrected chi connectivity index (χ3v) is 4.37. The average Bonchev–Trinajstić information content (AvgIpc) is 3.10. The van der Waals surface area contributed by atoms with Crippen molar-refractivity contribution in [3.63, 3.8) is 0 Å². The highest BCUT2D eigenvalue weighted by atomic mass is 19.1. The molecular weight excluding hydrogens is 227 g/mol. The first-order chi connectivity index (χ1) is 8.74. The van der Waals surface area contributed by atoms with Gasteiger partial charge in [-0.15, -0.1) is 0 Å². The van der Waals surface area contributed by atoms with E-state index in [1.807, 2.05) is 19.1 Å². The Morgan fingerprint density at radius 1 is 1.17 bits per heavy atom. The maximum atomic E-state index is 14.2. The molecule has 18 heavy (non-hydrogen) atoms. The quantitative estimate of drug-likeness (QED) is 0.756. The molecule has 0 radical (unpaired) electrons. The van der Waals surface area contributed by atoms with Gasteiger partial charge >= 0.3 is 0 Å². The highest BCUT2D eigenvalue weighted by molar-refractivity contribution is 5.37. The molecule has 2 aliphatic rings. The monoisotopic (exact) mass is 248 g/mol. The van der Waals surface area contributed by atoms with Crippen LogP contribution in [0.4, 0.5) is 4.39 Å². The van der Waals surface area contributed by atoms with Crippen molar-refractivity contribution < 1.29 is 9.13 Å². The third-order valence-electron chi connectivity index (χ3n) is 4.37. The Balaban J connectivity index is 1.67. The van der Waals surface area contributed by atoms with Crippen LogP contribution in [0.5, 0.6) is 5.75 Å². The van der Waals surface area contributed by atoms with Crippen LogP contribution in [0.1, 0.15) is 43.2 Å². The summed E-state index contributed by atoms with van der Waals surface area (Å²) in [6, 6.07) is 3.87. The van der Waals surface area contributed by atoms with Crippen molar-refractivity contribution in [2.75, 3.05) is 6.61 Å². The number of benzene rings is 1. The van der Waals surface area contributed by atoms with E-state index in [9.17, 15) is 4.39 Å². The molecule has 1 nitrogen and oxygen atoms in total. The fourth-order valence-electron chi connectivity index (χ4n) is 2.53. The second-order valence-electron chi connectivity index (χ2n) is 5.92. The first kappa shape index (κ1) is 12.0. The van der Waals surface area contributed by atoms with Crippen molar-refractivity contribution in [3.8, 4) is 5.75 Å². The lowest BCUT2D eigenvalue weighted by molar-refractivity contribution is 0.175. The van der Waals surface area contributed by atoms with Gasteiger partial charge in [0, 0.05) is 0 Å². The average molecular weight is 248 g/mol. The maximum Gasteiger partial charge on any atom is 0.168 e. The van der Waals surface area contributed by atoms with Crippen LogP contribution in [0.2, 0.25) is 0 Å². The van der Waals surface area contributed by atoms with E-state index in [2.05, 4.69) is 0 Å². The summed E-state index contributed by atoms with van der Waals surface area (Å²) in [4.78, 5) is 0. The van der Waals surface area contributed by atoms with Crippen molar-refractivity contribution in [1.82, 2.24) is 0 Å². The van der Waals surface area contributed by atoms with Gasteiger partial charge in [-0.1, -0.05) is 12.5 Å².